The smallest absolute Gasteiger partial charge is 0.192 e. The highest BCUT2D eigenvalue weighted by Gasteiger charge is 2.21. The Morgan fingerprint density at radius 3 is 3.17 bits per heavy atom. The van der Waals surface area contributed by atoms with Crippen molar-refractivity contribution in [3.63, 3.8) is 0 Å². The molecule has 0 saturated heterocycles. The number of anilines is 1. The minimum Gasteiger partial charge on any atom is -0.491 e. The fraction of sp³-hybridized carbons (Fsp3) is 0.400. The second-order valence-electron chi connectivity index (χ2n) is 5.75. The van der Waals surface area contributed by atoms with Gasteiger partial charge in [0.1, 0.15) is 12.2 Å². The van der Waals surface area contributed by atoms with Crippen molar-refractivity contribution in [3.8, 4) is 5.75 Å². The van der Waals surface area contributed by atoms with Gasteiger partial charge in [-0.1, -0.05) is 11.3 Å². The Labute approximate surface area is 140 Å². The molecule has 6 nitrogen and oxygen atoms in total. The van der Waals surface area contributed by atoms with Gasteiger partial charge >= 0.3 is 0 Å². The Bertz CT molecular complexity index is 893. The molecule has 2 aromatic heterocycles. The van der Waals surface area contributed by atoms with E-state index in [2.05, 4.69) is 25.1 Å². The fourth-order valence-corrected chi connectivity index (χ4v) is 3.84. The Morgan fingerprint density at radius 1 is 1.46 bits per heavy atom. The lowest BCUT2D eigenvalue weighted by Gasteiger charge is -2.22. The predicted octanol–water partition coefficient (Wildman–Crippen LogP) is 2.85. The molecule has 0 amide bonds. The van der Waals surface area contributed by atoms with E-state index in [0.29, 0.717) is 27.8 Å². The maximum atomic E-state index is 14.2. The molecule has 1 unspecified atom stereocenters. The summed E-state index contributed by atoms with van der Waals surface area (Å²) in [4.78, 5) is 4.27. The molecular weight excluding hydrogens is 336 g/mol. The number of thiazole rings is 1. The Kier molecular flexibility index (Phi) is 3.79. The van der Waals surface area contributed by atoms with Crippen molar-refractivity contribution in [2.24, 2.45) is 5.92 Å². The number of hydrogen-bond donors (Lipinski definition) is 1. The zero-order valence-corrected chi connectivity index (χ0v) is 13.7. The lowest BCUT2D eigenvalue weighted by atomic mass is 9.98. The second kappa shape index (κ2) is 5.97. The first-order valence-electron chi connectivity index (χ1n) is 7.58. The maximum absolute atomic E-state index is 14.2. The molecule has 4 rings (SSSR count). The van der Waals surface area contributed by atoms with E-state index in [-0.39, 0.29) is 5.75 Å². The molecule has 3 heterocycles. The van der Waals surface area contributed by atoms with Crippen molar-refractivity contribution in [3.05, 3.63) is 29.9 Å². The lowest BCUT2D eigenvalue weighted by Crippen LogP contribution is -2.25. The van der Waals surface area contributed by atoms with Gasteiger partial charge in [-0.2, -0.15) is 0 Å². The van der Waals surface area contributed by atoms with E-state index in [1.165, 1.54) is 13.2 Å². The zero-order chi connectivity index (χ0) is 16.7. The van der Waals surface area contributed by atoms with Gasteiger partial charge in [-0.15, -0.1) is 10.2 Å². The van der Waals surface area contributed by atoms with Gasteiger partial charge in [0.15, 0.2) is 22.5 Å². The Balaban J connectivity index is 1.50. The van der Waals surface area contributed by atoms with Crippen molar-refractivity contribution in [1.29, 1.82) is 0 Å². The SMILES string of the molecule is COc1c(F)cc2nc(NCC3CCn4cnnc4C3)sc2c1F. The molecule has 3 aromatic rings. The second-order valence-corrected chi connectivity index (χ2v) is 6.75. The number of ether oxygens (including phenoxy) is 1. The van der Waals surface area contributed by atoms with Crippen LogP contribution >= 0.6 is 11.3 Å². The molecule has 126 valence electrons. The minimum absolute atomic E-state index is 0.291. The summed E-state index contributed by atoms with van der Waals surface area (Å²) in [7, 11) is 1.25. The van der Waals surface area contributed by atoms with Gasteiger partial charge in [0.25, 0.3) is 0 Å². The molecular formula is C15H15F2N5OS. The third-order valence-electron chi connectivity index (χ3n) is 4.22. The number of rotatable bonds is 4. The van der Waals surface area contributed by atoms with Gasteiger partial charge < -0.3 is 14.6 Å². The molecule has 1 aromatic carbocycles. The summed E-state index contributed by atoms with van der Waals surface area (Å²) in [5.74, 6) is -0.431. The first-order chi connectivity index (χ1) is 11.7. The molecule has 1 aliphatic rings. The zero-order valence-electron chi connectivity index (χ0n) is 12.9. The number of fused-ring (bicyclic) bond motifs is 2. The van der Waals surface area contributed by atoms with Crippen molar-refractivity contribution in [2.75, 3.05) is 19.0 Å². The Hall–Kier alpha value is -2.29. The topological polar surface area (TPSA) is 64.9 Å². The summed E-state index contributed by atoms with van der Waals surface area (Å²) < 4.78 is 35.1. The first-order valence-corrected chi connectivity index (χ1v) is 8.40. The summed E-state index contributed by atoms with van der Waals surface area (Å²) in [6.07, 6.45) is 3.60. The molecule has 0 fully saturated rings. The maximum Gasteiger partial charge on any atom is 0.192 e. The van der Waals surface area contributed by atoms with E-state index in [9.17, 15) is 8.78 Å². The molecule has 1 N–H and O–H groups in total. The number of hydrogen-bond acceptors (Lipinski definition) is 6. The van der Waals surface area contributed by atoms with Crippen LogP contribution in [0.1, 0.15) is 12.2 Å². The van der Waals surface area contributed by atoms with Crippen LogP contribution < -0.4 is 10.1 Å². The molecule has 24 heavy (non-hydrogen) atoms. The van der Waals surface area contributed by atoms with Gasteiger partial charge in [-0.3, -0.25) is 0 Å². The summed E-state index contributed by atoms with van der Waals surface area (Å²) >= 11 is 1.16. The lowest BCUT2D eigenvalue weighted by molar-refractivity contribution is 0.363. The minimum atomic E-state index is -0.744. The Morgan fingerprint density at radius 2 is 2.33 bits per heavy atom. The standard InChI is InChI=1S/C15H15F2N5OS/c1-23-13-9(16)5-10-14(12(13)17)24-15(20-10)18-6-8-2-3-22-7-19-21-11(22)4-8/h5,7-8H,2-4,6H2,1H3,(H,18,20). The van der Waals surface area contributed by atoms with E-state index >= 15 is 0 Å². The molecule has 1 atom stereocenters. The van der Waals surface area contributed by atoms with Crippen LogP contribution in [-0.2, 0) is 13.0 Å². The third kappa shape index (κ3) is 2.58. The average molecular weight is 351 g/mol. The van der Waals surface area contributed by atoms with Gasteiger partial charge in [-0.05, 0) is 12.3 Å². The highest BCUT2D eigenvalue weighted by molar-refractivity contribution is 7.22. The molecule has 0 bridgehead atoms. The highest BCUT2D eigenvalue weighted by Crippen LogP contribution is 2.35. The normalized spacial score (nSPS) is 17.0. The number of nitrogens with one attached hydrogen (secondary N) is 1. The van der Waals surface area contributed by atoms with Crippen LogP contribution in [0.4, 0.5) is 13.9 Å². The van der Waals surface area contributed by atoms with Crippen LogP contribution in [0.25, 0.3) is 10.2 Å². The van der Waals surface area contributed by atoms with E-state index in [4.69, 9.17) is 4.74 Å². The summed E-state index contributed by atoms with van der Waals surface area (Å²) in [6, 6.07) is 1.20. The number of halogens is 2. The molecule has 1 aliphatic heterocycles. The van der Waals surface area contributed by atoms with Crippen LogP contribution in [0.3, 0.4) is 0 Å². The number of nitrogens with zero attached hydrogens (tertiary/aromatic N) is 4. The number of aromatic nitrogens is 4. The van der Waals surface area contributed by atoms with Gasteiger partial charge in [0.05, 0.1) is 17.3 Å². The van der Waals surface area contributed by atoms with Crippen LogP contribution in [0, 0.1) is 17.6 Å². The van der Waals surface area contributed by atoms with Crippen LogP contribution in [-0.4, -0.2) is 33.4 Å². The van der Waals surface area contributed by atoms with Crippen molar-refractivity contribution < 1.29 is 13.5 Å². The van der Waals surface area contributed by atoms with Crippen LogP contribution in [0.15, 0.2) is 12.4 Å². The van der Waals surface area contributed by atoms with Crippen molar-refractivity contribution in [1.82, 2.24) is 19.7 Å². The molecule has 0 saturated carbocycles. The summed E-state index contributed by atoms with van der Waals surface area (Å²) in [5.41, 5.74) is 0.293. The fourth-order valence-electron chi connectivity index (χ4n) is 2.95. The number of benzene rings is 1. The number of aryl methyl sites for hydroxylation is 1. The molecule has 0 aliphatic carbocycles. The van der Waals surface area contributed by atoms with E-state index in [1.54, 1.807) is 6.33 Å². The largest absolute Gasteiger partial charge is 0.491 e. The van der Waals surface area contributed by atoms with Crippen LogP contribution in [0.5, 0.6) is 5.75 Å². The van der Waals surface area contributed by atoms with Crippen LogP contribution in [0.2, 0.25) is 0 Å². The molecule has 0 spiro atoms. The monoisotopic (exact) mass is 351 g/mol. The van der Waals surface area contributed by atoms with E-state index in [0.717, 1.165) is 36.5 Å². The van der Waals surface area contributed by atoms with Gasteiger partial charge in [0, 0.05) is 25.6 Å². The van der Waals surface area contributed by atoms with E-state index in [1.807, 2.05) is 0 Å². The summed E-state index contributed by atoms with van der Waals surface area (Å²) in [5, 5.41) is 11.8. The van der Waals surface area contributed by atoms with Gasteiger partial charge in [-0.25, -0.2) is 13.8 Å². The number of methoxy groups -OCH3 is 1. The molecule has 9 heteroatoms. The third-order valence-corrected chi connectivity index (χ3v) is 5.25. The molecule has 0 radical (unpaired) electrons. The predicted molar refractivity (Wildman–Crippen MR) is 86.4 cm³/mol. The highest BCUT2D eigenvalue weighted by atomic mass is 32.1. The first kappa shape index (κ1) is 15.3. The van der Waals surface area contributed by atoms with Crippen molar-refractivity contribution >= 4 is 26.7 Å². The quantitative estimate of drug-likeness (QED) is 0.783. The van der Waals surface area contributed by atoms with Crippen molar-refractivity contribution in [2.45, 2.75) is 19.4 Å². The van der Waals surface area contributed by atoms with E-state index < -0.39 is 11.6 Å². The van der Waals surface area contributed by atoms with Gasteiger partial charge in [0.2, 0.25) is 0 Å². The summed E-state index contributed by atoms with van der Waals surface area (Å²) in [6.45, 7) is 1.60. The average Bonchev–Trinajstić information content (AvgIpc) is 3.19.